The van der Waals surface area contributed by atoms with Crippen molar-refractivity contribution in [1.29, 1.82) is 0 Å². The highest BCUT2D eigenvalue weighted by Crippen LogP contribution is 2.15. The van der Waals surface area contributed by atoms with Crippen LogP contribution in [0.4, 0.5) is 10.5 Å². The molecule has 1 aromatic carbocycles. The molecule has 0 radical (unpaired) electrons. The summed E-state index contributed by atoms with van der Waals surface area (Å²) in [5, 5.41) is 5.02. The molecule has 0 bridgehead atoms. The molecule has 0 spiro atoms. The third kappa shape index (κ3) is 3.55. The van der Waals surface area contributed by atoms with Gasteiger partial charge >= 0.3 is 6.03 Å². The van der Waals surface area contributed by atoms with Crippen LogP contribution in [0.3, 0.4) is 0 Å². The van der Waals surface area contributed by atoms with Crippen LogP contribution in [0, 0.1) is 0 Å². The molecule has 1 saturated heterocycles. The van der Waals surface area contributed by atoms with Crippen molar-refractivity contribution in [3.05, 3.63) is 52.7 Å². The number of carbonyl (C=O) groups excluding carboxylic acids is 1. The largest absolute Gasteiger partial charge is 0.368 e. The number of carbonyl (C=O) groups is 1. The molecule has 1 aliphatic heterocycles. The van der Waals surface area contributed by atoms with Crippen LogP contribution in [0.2, 0.25) is 0 Å². The number of hydrogen-bond acceptors (Lipinski definition) is 3. The van der Waals surface area contributed by atoms with Gasteiger partial charge in [-0.1, -0.05) is 24.3 Å². The van der Waals surface area contributed by atoms with Crippen molar-refractivity contribution in [2.45, 2.75) is 6.54 Å². The highest BCUT2D eigenvalue weighted by atomic mass is 32.1. The molecule has 0 saturated carbocycles. The normalized spacial score (nSPS) is 15.0. The van der Waals surface area contributed by atoms with Crippen molar-refractivity contribution < 1.29 is 4.79 Å². The standard InChI is InChI=1S/C16H19N3OS/c20-16(17-13-15-7-4-12-21-15)19-10-8-18(9-11-19)14-5-2-1-3-6-14/h1-7,12H,8-11,13H2,(H,17,20). The van der Waals surface area contributed by atoms with Gasteiger partial charge in [-0.25, -0.2) is 4.79 Å². The Hall–Kier alpha value is -2.01. The average Bonchev–Trinajstić information content (AvgIpc) is 3.07. The number of para-hydroxylation sites is 1. The number of amides is 2. The molecule has 2 amide bonds. The Balaban J connectivity index is 1.48. The van der Waals surface area contributed by atoms with E-state index in [1.807, 2.05) is 28.5 Å². The van der Waals surface area contributed by atoms with Crippen LogP contribution >= 0.6 is 11.3 Å². The van der Waals surface area contributed by atoms with E-state index in [4.69, 9.17) is 0 Å². The van der Waals surface area contributed by atoms with E-state index in [0.717, 1.165) is 26.2 Å². The topological polar surface area (TPSA) is 35.6 Å². The van der Waals surface area contributed by atoms with E-state index in [0.29, 0.717) is 6.54 Å². The number of piperazine rings is 1. The Morgan fingerprint density at radius 1 is 1.05 bits per heavy atom. The Morgan fingerprint density at radius 2 is 1.81 bits per heavy atom. The number of hydrogen-bond donors (Lipinski definition) is 1. The SMILES string of the molecule is O=C(NCc1cccs1)N1CCN(c2ccccc2)CC1. The van der Waals surface area contributed by atoms with Gasteiger partial charge in [-0.2, -0.15) is 0 Å². The minimum atomic E-state index is 0.0381. The van der Waals surface area contributed by atoms with Crippen LogP contribution in [0.1, 0.15) is 4.88 Å². The van der Waals surface area contributed by atoms with Gasteiger partial charge in [0.25, 0.3) is 0 Å². The Morgan fingerprint density at radius 3 is 2.48 bits per heavy atom. The van der Waals surface area contributed by atoms with Crippen molar-refractivity contribution in [3.8, 4) is 0 Å². The average molecular weight is 301 g/mol. The fourth-order valence-electron chi connectivity index (χ4n) is 2.49. The summed E-state index contributed by atoms with van der Waals surface area (Å²) in [5.41, 5.74) is 1.23. The molecule has 1 fully saturated rings. The van der Waals surface area contributed by atoms with Crippen LogP contribution in [0.5, 0.6) is 0 Å². The summed E-state index contributed by atoms with van der Waals surface area (Å²) in [6, 6.07) is 14.4. The van der Waals surface area contributed by atoms with Crippen molar-refractivity contribution >= 4 is 23.1 Å². The number of anilines is 1. The Kier molecular flexibility index (Phi) is 4.40. The molecule has 21 heavy (non-hydrogen) atoms. The van der Waals surface area contributed by atoms with E-state index in [-0.39, 0.29) is 6.03 Å². The predicted octanol–water partition coefficient (Wildman–Crippen LogP) is 2.78. The van der Waals surface area contributed by atoms with Crippen LogP contribution in [0.25, 0.3) is 0 Å². The second kappa shape index (κ2) is 6.63. The van der Waals surface area contributed by atoms with E-state index < -0.39 is 0 Å². The third-order valence-electron chi connectivity index (χ3n) is 3.68. The lowest BCUT2D eigenvalue weighted by molar-refractivity contribution is 0.194. The second-order valence-corrected chi connectivity index (χ2v) is 6.08. The molecule has 1 aromatic heterocycles. The molecular formula is C16H19N3OS. The van der Waals surface area contributed by atoms with Crippen LogP contribution in [0.15, 0.2) is 47.8 Å². The van der Waals surface area contributed by atoms with Crippen LogP contribution in [-0.2, 0) is 6.54 Å². The van der Waals surface area contributed by atoms with Gasteiger partial charge in [0.15, 0.2) is 0 Å². The fourth-order valence-corrected chi connectivity index (χ4v) is 3.14. The minimum absolute atomic E-state index is 0.0381. The van der Waals surface area contributed by atoms with E-state index >= 15 is 0 Å². The zero-order chi connectivity index (χ0) is 14.5. The van der Waals surface area contributed by atoms with Gasteiger partial charge in [-0.05, 0) is 23.6 Å². The quantitative estimate of drug-likeness (QED) is 0.946. The summed E-state index contributed by atoms with van der Waals surface area (Å²) in [6.07, 6.45) is 0. The molecule has 3 rings (SSSR count). The number of thiophene rings is 1. The Bertz CT molecular complexity index is 562. The van der Waals surface area contributed by atoms with Gasteiger partial charge in [-0.15, -0.1) is 11.3 Å². The summed E-state index contributed by atoms with van der Waals surface area (Å²) in [4.78, 5) is 17.5. The molecule has 5 heteroatoms. The number of nitrogens with one attached hydrogen (secondary N) is 1. The highest BCUT2D eigenvalue weighted by molar-refractivity contribution is 7.09. The summed E-state index contributed by atoms with van der Waals surface area (Å²) in [7, 11) is 0. The first-order valence-electron chi connectivity index (χ1n) is 7.18. The first-order valence-corrected chi connectivity index (χ1v) is 8.06. The zero-order valence-electron chi connectivity index (χ0n) is 11.9. The number of rotatable bonds is 3. The van der Waals surface area contributed by atoms with Gasteiger partial charge in [-0.3, -0.25) is 0 Å². The highest BCUT2D eigenvalue weighted by Gasteiger charge is 2.20. The lowest BCUT2D eigenvalue weighted by atomic mass is 10.2. The van der Waals surface area contributed by atoms with Gasteiger partial charge in [0.2, 0.25) is 0 Å². The number of urea groups is 1. The van der Waals surface area contributed by atoms with Crippen molar-refractivity contribution in [2.75, 3.05) is 31.1 Å². The van der Waals surface area contributed by atoms with E-state index in [1.165, 1.54) is 10.6 Å². The van der Waals surface area contributed by atoms with Gasteiger partial charge in [0.05, 0.1) is 6.54 Å². The van der Waals surface area contributed by atoms with Crippen molar-refractivity contribution in [3.63, 3.8) is 0 Å². The predicted molar refractivity (Wildman–Crippen MR) is 86.8 cm³/mol. The monoisotopic (exact) mass is 301 g/mol. The first kappa shape index (κ1) is 13.9. The van der Waals surface area contributed by atoms with Gasteiger partial charge in [0.1, 0.15) is 0 Å². The second-order valence-electron chi connectivity index (χ2n) is 5.05. The molecule has 0 aliphatic carbocycles. The summed E-state index contributed by atoms with van der Waals surface area (Å²) in [5.74, 6) is 0. The lowest BCUT2D eigenvalue weighted by Gasteiger charge is -2.36. The van der Waals surface area contributed by atoms with E-state index in [9.17, 15) is 4.79 Å². The zero-order valence-corrected chi connectivity index (χ0v) is 12.7. The minimum Gasteiger partial charge on any atom is -0.368 e. The van der Waals surface area contributed by atoms with E-state index in [2.05, 4.69) is 34.5 Å². The maximum absolute atomic E-state index is 12.1. The van der Waals surface area contributed by atoms with E-state index in [1.54, 1.807) is 11.3 Å². The van der Waals surface area contributed by atoms with Crippen LogP contribution in [-0.4, -0.2) is 37.1 Å². The van der Waals surface area contributed by atoms with Gasteiger partial charge in [0, 0.05) is 36.7 Å². The first-order chi connectivity index (χ1) is 10.3. The molecule has 110 valence electrons. The number of benzene rings is 1. The fraction of sp³-hybridized carbons (Fsp3) is 0.312. The molecule has 1 aliphatic rings. The maximum atomic E-state index is 12.1. The maximum Gasteiger partial charge on any atom is 0.317 e. The summed E-state index contributed by atoms with van der Waals surface area (Å²) < 4.78 is 0. The molecule has 2 aromatic rings. The number of nitrogens with zero attached hydrogens (tertiary/aromatic N) is 2. The van der Waals surface area contributed by atoms with Crippen LogP contribution < -0.4 is 10.2 Å². The lowest BCUT2D eigenvalue weighted by Crippen LogP contribution is -2.51. The molecular weight excluding hydrogens is 282 g/mol. The smallest absolute Gasteiger partial charge is 0.317 e. The molecule has 1 N–H and O–H groups in total. The van der Waals surface area contributed by atoms with Gasteiger partial charge < -0.3 is 15.1 Å². The third-order valence-corrected chi connectivity index (χ3v) is 4.56. The van der Waals surface area contributed by atoms with Crippen molar-refractivity contribution in [1.82, 2.24) is 10.2 Å². The Labute approximate surface area is 129 Å². The molecule has 0 atom stereocenters. The molecule has 2 heterocycles. The van der Waals surface area contributed by atoms with Crippen molar-refractivity contribution in [2.24, 2.45) is 0 Å². The summed E-state index contributed by atoms with van der Waals surface area (Å²) >= 11 is 1.67. The molecule has 0 unspecified atom stereocenters. The summed E-state index contributed by atoms with van der Waals surface area (Å²) in [6.45, 7) is 3.93. The molecule has 4 nitrogen and oxygen atoms in total.